The first-order valence-electron chi connectivity index (χ1n) is 20.1. The Morgan fingerprint density at radius 2 is 1.28 bits per heavy atom. The summed E-state index contributed by atoms with van der Waals surface area (Å²) in [6.07, 6.45) is 19.8. The highest BCUT2D eigenvalue weighted by Crippen LogP contribution is 2.33. The molecule has 0 aromatic heterocycles. The molecule has 54 heavy (non-hydrogen) atoms. The van der Waals surface area contributed by atoms with Gasteiger partial charge in [-0.05, 0) is 73.0 Å². The Hall–Kier alpha value is -4.04. The molecule has 0 spiro atoms. The summed E-state index contributed by atoms with van der Waals surface area (Å²) in [7, 11) is 0. The summed E-state index contributed by atoms with van der Waals surface area (Å²) in [5.41, 5.74) is 1.38. The molecule has 0 heterocycles. The molecule has 8 nitrogen and oxygen atoms in total. The van der Waals surface area contributed by atoms with Crippen molar-refractivity contribution in [3.8, 4) is 11.5 Å². The number of carbonyl (C=O) groups excluding carboxylic acids is 2. The zero-order valence-electron chi connectivity index (χ0n) is 33.2. The molecule has 3 N–H and O–H groups in total. The molecule has 0 aliphatic rings. The van der Waals surface area contributed by atoms with E-state index in [1.807, 2.05) is 18.2 Å². The molecule has 0 radical (unpaired) electrons. The highest BCUT2D eigenvalue weighted by molar-refractivity contribution is 6.47. The van der Waals surface area contributed by atoms with Crippen LogP contribution in [0.15, 0.2) is 72.8 Å². The largest absolute Gasteiger partial charge is 0.478 e. The normalized spacial score (nSPS) is 13.1. The summed E-state index contributed by atoms with van der Waals surface area (Å²) >= 11 is 6.73. The van der Waals surface area contributed by atoms with Crippen molar-refractivity contribution in [3.05, 3.63) is 83.9 Å². The van der Waals surface area contributed by atoms with Gasteiger partial charge in [0.1, 0.15) is 11.5 Å². The van der Waals surface area contributed by atoms with Gasteiger partial charge >= 0.3 is 11.0 Å². The van der Waals surface area contributed by atoms with Crippen LogP contribution in [0, 0.1) is 5.41 Å². The van der Waals surface area contributed by atoms with Crippen molar-refractivity contribution < 1.29 is 29.0 Å². The molecule has 296 valence electrons. The maximum absolute atomic E-state index is 13.7. The molecule has 0 saturated heterocycles. The monoisotopic (exact) mass is 762 g/mol. The van der Waals surface area contributed by atoms with Crippen molar-refractivity contribution in [1.82, 2.24) is 0 Å². The van der Waals surface area contributed by atoms with Crippen molar-refractivity contribution in [1.29, 1.82) is 0 Å². The predicted octanol–water partition coefficient (Wildman–Crippen LogP) is 12.2. The molecule has 3 rings (SSSR count). The zero-order valence-corrected chi connectivity index (χ0v) is 33.9. The van der Waals surface area contributed by atoms with Crippen LogP contribution in [0.1, 0.15) is 147 Å². The zero-order chi connectivity index (χ0) is 39.4. The molecule has 0 aliphatic heterocycles. The number of aryl methyl sites for hydroxylation is 1. The number of hydrogen-bond acceptors (Lipinski definition) is 6. The number of carboxylic acids is 1. The Kier molecular flexibility index (Phi) is 18.9. The minimum absolute atomic E-state index is 0.0292. The molecule has 2 atom stereocenters. The molecule has 0 saturated carbocycles. The highest BCUT2D eigenvalue weighted by Gasteiger charge is 2.51. The van der Waals surface area contributed by atoms with Crippen LogP contribution in [0.25, 0.3) is 0 Å². The number of carboxylic acid groups (broad SMARTS) is 1. The van der Waals surface area contributed by atoms with Crippen molar-refractivity contribution in [2.45, 2.75) is 149 Å². The number of unbranched alkanes of at least 4 members (excludes halogenated alkanes) is 12. The maximum Gasteiger partial charge on any atom is 0.335 e. The van der Waals surface area contributed by atoms with Gasteiger partial charge in [-0.25, -0.2) is 4.79 Å². The van der Waals surface area contributed by atoms with Crippen molar-refractivity contribution in [2.75, 3.05) is 10.6 Å². The van der Waals surface area contributed by atoms with Gasteiger partial charge in [-0.3, -0.25) is 9.59 Å². The van der Waals surface area contributed by atoms with Crippen LogP contribution >= 0.6 is 11.6 Å². The first-order valence-corrected chi connectivity index (χ1v) is 20.4. The molecule has 0 bridgehead atoms. The molecular formula is C45H63ClN2O6. The van der Waals surface area contributed by atoms with Gasteiger partial charge < -0.3 is 25.2 Å². The molecule has 0 aliphatic carbocycles. The lowest BCUT2D eigenvalue weighted by Gasteiger charge is -2.31. The smallest absolute Gasteiger partial charge is 0.335 e. The lowest BCUT2D eigenvalue weighted by Crippen LogP contribution is -2.54. The summed E-state index contributed by atoms with van der Waals surface area (Å²) < 4.78 is 12.2. The fourth-order valence-electron chi connectivity index (χ4n) is 6.30. The summed E-state index contributed by atoms with van der Waals surface area (Å²) in [4.78, 5) is 38.5. The minimum Gasteiger partial charge on any atom is -0.478 e. The van der Waals surface area contributed by atoms with E-state index in [2.05, 4.69) is 36.6 Å². The lowest BCUT2D eigenvalue weighted by atomic mass is 9.86. The van der Waals surface area contributed by atoms with Gasteiger partial charge in [-0.2, -0.15) is 0 Å². The second-order valence-corrected chi connectivity index (χ2v) is 15.9. The number of rotatable bonds is 26. The van der Waals surface area contributed by atoms with Crippen LogP contribution in [0.2, 0.25) is 0 Å². The molecule has 3 aromatic rings. The fraction of sp³-hybridized carbons (Fsp3) is 0.533. The second-order valence-electron chi connectivity index (χ2n) is 15.3. The van der Waals surface area contributed by atoms with Crippen LogP contribution < -0.4 is 20.1 Å². The Labute approximate surface area is 328 Å². The quantitative estimate of drug-likeness (QED) is 0.0323. The molecule has 0 fully saturated rings. The van der Waals surface area contributed by atoms with E-state index in [1.165, 1.54) is 113 Å². The van der Waals surface area contributed by atoms with Crippen LogP contribution in [0.3, 0.4) is 0 Å². The standard InChI is InChI=1S/C45H63ClN2O6/c1-6-8-9-10-11-12-13-14-15-16-17-18-19-23-34-24-20-27-39(32-34)53-40(22-7-2)47-36-25-21-26-37(33-36)48-43(52)45(46,42(51)44(3,4)5)54-38-30-28-35(29-31-38)41(49)50/h20-21,24-33,40,47H,6-19,22-23H2,1-5H3,(H,48,52)(H,49,50). The molecule has 2 unspecified atom stereocenters. The Morgan fingerprint density at radius 1 is 0.704 bits per heavy atom. The van der Waals surface area contributed by atoms with E-state index in [0.717, 1.165) is 25.0 Å². The summed E-state index contributed by atoms with van der Waals surface area (Å²) in [6, 6.07) is 20.8. The number of benzene rings is 3. The average Bonchev–Trinajstić information content (AvgIpc) is 3.13. The van der Waals surface area contributed by atoms with Crippen molar-refractivity contribution in [3.63, 3.8) is 0 Å². The first kappa shape index (κ1) is 44.4. The number of hydrogen-bond donors (Lipinski definition) is 3. The van der Waals surface area contributed by atoms with Gasteiger partial charge in [0.05, 0.1) is 5.56 Å². The first-order chi connectivity index (χ1) is 25.8. The van der Waals surface area contributed by atoms with E-state index in [4.69, 9.17) is 21.1 Å². The van der Waals surface area contributed by atoms with Crippen LogP contribution in [-0.4, -0.2) is 34.1 Å². The SMILES string of the molecule is CCCCCCCCCCCCCCCc1cccc(OC(CCC)Nc2cccc(NC(=O)C(Cl)(Oc3ccc(C(=O)O)cc3)C(=O)C(C)(C)C)c2)c1. The molecule has 9 heteroatoms. The average molecular weight is 763 g/mol. The van der Waals surface area contributed by atoms with E-state index in [0.29, 0.717) is 11.4 Å². The molecule has 3 aromatic carbocycles. The van der Waals surface area contributed by atoms with Crippen LogP contribution in [0.5, 0.6) is 11.5 Å². The van der Waals surface area contributed by atoms with E-state index >= 15 is 0 Å². The van der Waals surface area contributed by atoms with Crippen molar-refractivity contribution in [2.24, 2.45) is 5.41 Å². The highest BCUT2D eigenvalue weighted by atomic mass is 35.5. The molecular weight excluding hydrogens is 700 g/mol. The van der Waals surface area contributed by atoms with E-state index in [9.17, 15) is 19.5 Å². The third-order valence-electron chi connectivity index (χ3n) is 9.37. The number of aromatic carboxylic acids is 1. The third kappa shape index (κ3) is 15.4. The van der Waals surface area contributed by atoms with E-state index in [-0.39, 0.29) is 17.5 Å². The number of alkyl halides is 1. The number of halogens is 1. The molecule has 1 amide bonds. The summed E-state index contributed by atoms with van der Waals surface area (Å²) in [5.74, 6) is -1.76. The maximum atomic E-state index is 13.7. The minimum atomic E-state index is -2.42. The van der Waals surface area contributed by atoms with Gasteiger partial charge in [-0.15, -0.1) is 0 Å². The summed E-state index contributed by atoms with van der Waals surface area (Å²) in [5, 5.41) is 13.0. The van der Waals surface area contributed by atoms with Gasteiger partial charge in [0.2, 0.25) is 5.78 Å². The van der Waals surface area contributed by atoms with Gasteiger partial charge in [0.15, 0.2) is 6.23 Å². The number of ketones is 1. The Bertz CT molecular complexity index is 1590. The van der Waals surface area contributed by atoms with Gasteiger partial charge in [0, 0.05) is 23.2 Å². The number of amides is 1. The number of Topliss-reactive ketones (excluding diaryl/α,β-unsaturated/α-hetero) is 1. The lowest BCUT2D eigenvalue weighted by molar-refractivity contribution is -0.144. The van der Waals surface area contributed by atoms with Gasteiger partial charge in [-0.1, -0.05) is 148 Å². The van der Waals surface area contributed by atoms with E-state index in [1.54, 1.807) is 39.0 Å². The fourth-order valence-corrected chi connectivity index (χ4v) is 6.72. The van der Waals surface area contributed by atoms with Gasteiger partial charge in [0.25, 0.3) is 5.91 Å². The van der Waals surface area contributed by atoms with Crippen LogP contribution in [0.4, 0.5) is 11.4 Å². The Balaban J connectivity index is 1.55. The number of nitrogens with one attached hydrogen (secondary N) is 2. The Morgan fingerprint density at radius 3 is 1.85 bits per heavy atom. The number of carbonyl (C=O) groups is 3. The summed E-state index contributed by atoms with van der Waals surface area (Å²) in [6.45, 7) is 9.30. The van der Waals surface area contributed by atoms with Crippen LogP contribution in [-0.2, 0) is 16.0 Å². The topological polar surface area (TPSA) is 114 Å². The predicted molar refractivity (Wildman–Crippen MR) is 221 cm³/mol. The number of anilines is 2. The second kappa shape index (κ2) is 23.0. The number of ether oxygens (including phenoxy) is 2. The third-order valence-corrected chi connectivity index (χ3v) is 9.79. The van der Waals surface area contributed by atoms with E-state index < -0.39 is 28.1 Å². The van der Waals surface area contributed by atoms with Crippen molar-refractivity contribution >= 4 is 40.6 Å².